The maximum absolute atomic E-state index is 11.4. The minimum Gasteiger partial charge on any atom is -0.271 e. The third kappa shape index (κ3) is 33.3. The van der Waals surface area contributed by atoms with Gasteiger partial charge in [0, 0.05) is 10.7 Å². The van der Waals surface area contributed by atoms with Gasteiger partial charge in [0.2, 0.25) is 0 Å². The van der Waals surface area contributed by atoms with Crippen LogP contribution in [0.25, 0.3) is 0 Å². The van der Waals surface area contributed by atoms with Crippen molar-refractivity contribution in [2.75, 3.05) is 30.1 Å². The Bertz CT molecular complexity index is 569. The van der Waals surface area contributed by atoms with E-state index in [1.807, 2.05) is 0 Å². The summed E-state index contributed by atoms with van der Waals surface area (Å²) in [5.41, 5.74) is 0. The van der Waals surface area contributed by atoms with E-state index in [2.05, 4.69) is 66.5 Å². The number of rotatable bonds is 11. The van der Waals surface area contributed by atoms with Crippen LogP contribution in [0.15, 0.2) is 50.6 Å². The Labute approximate surface area is 189 Å². The standard InChI is InChI=1S/C9H16O3S.2C3H5Br.C3H8O3S/c1-4-7-9(8-5-2)13(10,11)12-6-3;2*1-2-3-4;1-3-6-7(2,4)5/h4-5,9H,1-2,6-8H2,3H3;2*2H,1,3H2;3H2,1-2H3. The van der Waals surface area contributed by atoms with Crippen LogP contribution in [0, 0.1) is 0 Å². The van der Waals surface area contributed by atoms with Crippen molar-refractivity contribution in [2.45, 2.75) is 31.9 Å². The average Bonchev–Trinajstić information content (AvgIpc) is 2.61. The second-order valence-corrected chi connectivity index (χ2v) is 9.39. The van der Waals surface area contributed by atoms with E-state index in [4.69, 9.17) is 0 Å². The molecule has 0 fully saturated rings. The Morgan fingerprint density at radius 3 is 1.25 bits per heavy atom. The highest BCUT2D eigenvalue weighted by molar-refractivity contribution is 9.09. The second-order valence-electron chi connectivity index (χ2n) is 4.57. The van der Waals surface area contributed by atoms with E-state index in [1.54, 1.807) is 38.2 Å². The first kappa shape index (κ1) is 35.2. The molecule has 0 aromatic heterocycles. The van der Waals surface area contributed by atoms with Gasteiger partial charge in [0.25, 0.3) is 20.2 Å². The molecule has 168 valence electrons. The molecule has 0 atom stereocenters. The molecule has 0 spiro atoms. The largest absolute Gasteiger partial charge is 0.271 e. The Balaban J connectivity index is -0.000000160. The molecule has 0 aromatic rings. The SMILES string of the molecule is C=CCBr.C=CCBr.C=CCC(CC=C)S(=O)(=O)OCC.CCOS(C)(=O)=O. The minimum atomic E-state index is -3.44. The number of allylic oxidation sites excluding steroid dienone is 4. The summed E-state index contributed by atoms with van der Waals surface area (Å²) >= 11 is 6.26. The summed E-state index contributed by atoms with van der Waals surface area (Å²) < 4.78 is 51.7. The van der Waals surface area contributed by atoms with Crippen LogP contribution in [0.1, 0.15) is 26.7 Å². The number of alkyl halides is 2. The van der Waals surface area contributed by atoms with Gasteiger partial charge < -0.3 is 0 Å². The lowest BCUT2D eigenvalue weighted by atomic mass is 10.2. The zero-order chi connectivity index (χ0) is 23.1. The van der Waals surface area contributed by atoms with E-state index in [-0.39, 0.29) is 13.2 Å². The summed E-state index contributed by atoms with van der Waals surface area (Å²) in [4.78, 5) is 0. The van der Waals surface area contributed by atoms with E-state index < -0.39 is 25.5 Å². The molecule has 0 aliphatic rings. The lowest BCUT2D eigenvalue weighted by Crippen LogP contribution is -2.22. The fourth-order valence-electron chi connectivity index (χ4n) is 1.18. The van der Waals surface area contributed by atoms with Gasteiger partial charge in [-0.15, -0.1) is 26.3 Å². The first-order valence-electron chi connectivity index (χ1n) is 8.25. The van der Waals surface area contributed by atoms with Gasteiger partial charge in [-0.05, 0) is 26.7 Å². The Morgan fingerprint density at radius 2 is 1.11 bits per heavy atom. The zero-order valence-electron chi connectivity index (χ0n) is 17.0. The van der Waals surface area contributed by atoms with Crippen LogP contribution < -0.4 is 0 Å². The Kier molecular flexibility index (Phi) is 31.1. The highest BCUT2D eigenvalue weighted by atomic mass is 79.9. The molecule has 0 heterocycles. The number of halogens is 2. The summed E-state index contributed by atoms with van der Waals surface area (Å²) in [6.45, 7) is 17.5. The fourth-order valence-corrected chi connectivity index (χ4v) is 2.87. The monoisotopic (exact) mass is 568 g/mol. The third-order valence-electron chi connectivity index (χ3n) is 2.10. The van der Waals surface area contributed by atoms with Crippen molar-refractivity contribution in [1.29, 1.82) is 0 Å². The zero-order valence-corrected chi connectivity index (χ0v) is 21.8. The van der Waals surface area contributed by atoms with Gasteiger partial charge in [-0.3, -0.25) is 8.37 Å². The maximum Gasteiger partial charge on any atom is 0.270 e. The molecule has 0 bridgehead atoms. The van der Waals surface area contributed by atoms with Crippen LogP contribution in [0.4, 0.5) is 0 Å². The van der Waals surface area contributed by atoms with Crippen molar-refractivity contribution in [3.63, 3.8) is 0 Å². The van der Waals surface area contributed by atoms with Gasteiger partial charge in [-0.1, -0.05) is 56.2 Å². The minimum absolute atomic E-state index is 0.174. The van der Waals surface area contributed by atoms with Gasteiger partial charge in [-0.25, -0.2) is 0 Å². The lowest BCUT2D eigenvalue weighted by molar-refractivity contribution is 0.330. The molecule has 0 amide bonds. The predicted molar refractivity (Wildman–Crippen MR) is 128 cm³/mol. The molecule has 0 saturated carbocycles. The molecule has 0 N–H and O–H groups in total. The smallest absolute Gasteiger partial charge is 0.270 e. The average molecular weight is 570 g/mol. The Morgan fingerprint density at radius 1 is 0.786 bits per heavy atom. The van der Waals surface area contributed by atoms with Crippen LogP contribution in [0.3, 0.4) is 0 Å². The van der Waals surface area contributed by atoms with Gasteiger partial charge in [0.05, 0.1) is 24.7 Å². The number of hydrogen-bond acceptors (Lipinski definition) is 6. The first-order chi connectivity index (χ1) is 13.0. The molecule has 0 rings (SSSR count). The molecule has 0 aliphatic heterocycles. The van der Waals surface area contributed by atoms with Crippen molar-refractivity contribution < 1.29 is 25.2 Å². The van der Waals surface area contributed by atoms with E-state index in [9.17, 15) is 16.8 Å². The fraction of sp³-hybridized carbons (Fsp3) is 0.556. The van der Waals surface area contributed by atoms with Gasteiger partial charge >= 0.3 is 0 Å². The number of hydrogen-bond donors (Lipinski definition) is 0. The van der Waals surface area contributed by atoms with Crippen molar-refractivity contribution in [3.05, 3.63) is 50.6 Å². The first-order valence-corrected chi connectivity index (χ1v) is 13.8. The van der Waals surface area contributed by atoms with E-state index in [1.165, 1.54) is 0 Å². The molecule has 28 heavy (non-hydrogen) atoms. The van der Waals surface area contributed by atoms with Crippen molar-refractivity contribution in [2.24, 2.45) is 0 Å². The third-order valence-corrected chi connectivity index (χ3v) is 5.44. The highest BCUT2D eigenvalue weighted by Gasteiger charge is 2.23. The molecular weight excluding hydrogens is 536 g/mol. The maximum atomic E-state index is 11.4. The van der Waals surface area contributed by atoms with Crippen molar-refractivity contribution >= 4 is 52.1 Å². The van der Waals surface area contributed by atoms with E-state index in [0.29, 0.717) is 12.8 Å². The molecule has 6 nitrogen and oxygen atoms in total. The molecule has 10 heteroatoms. The van der Waals surface area contributed by atoms with Crippen molar-refractivity contribution in [1.82, 2.24) is 0 Å². The van der Waals surface area contributed by atoms with Gasteiger partial charge in [0.1, 0.15) is 0 Å². The molecule has 0 radical (unpaired) electrons. The Hall–Kier alpha value is -0.260. The topological polar surface area (TPSA) is 86.7 Å². The van der Waals surface area contributed by atoms with E-state index >= 15 is 0 Å². The summed E-state index contributed by atoms with van der Waals surface area (Å²) in [6.07, 6.45) is 8.55. The summed E-state index contributed by atoms with van der Waals surface area (Å²) in [7, 11) is -6.61. The summed E-state index contributed by atoms with van der Waals surface area (Å²) in [6, 6.07) is 0. The molecule has 0 saturated heterocycles. The molecular formula is C18H34Br2O6S2. The van der Waals surface area contributed by atoms with Crippen LogP contribution in [-0.4, -0.2) is 52.2 Å². The second kappa shape index (κ2) is 24.8. The molecule has 0 aromatic carbocycles. The van der Waals surface area contributed by atoms with Crippen LogP contribution >= 0.6 is 31.9 Å². The summed E-state index contributed by atoms with van der Waals surface area (Å²) in [5, 5.41) is 1.25. The van der Waals surface area contributed by atoms with Crippen molar-refractivity contribution in [3.8, 4) is 0 Å². The highest BCUT2D eigenvalue weighted by Crippen LogP contribution is 2.13. The van der Waals surface area contributed by atoms with E-state index in [0.717, 1.165) is 16.9 Å². The summed E-state index contributed by atoms with van der Waals surface area (Å²) in [5.74, 6) is 0. The van der Waals surface area contributed by atoms with Crippen LogP contribution in [-0.2, 0) is 28.6 Å². The van der Waals surface area contributed by atoms with Gasteiger partial charge in [-0.2, -0.15) is 16.8 Å². The molecule has 0 unspecified atom stereocenters. The predicted octanol–water partition coefficient (Wildman–Crippen LogP) is 4.99. The molecule has 0 aliphatic carbocycles. The normalized spacial score (nSPS) is 10.1. The van der Waals surface area contributed by atoms with Crippen LogP contribution in [0.2, 0.25) is 0 Å². The van der Waals surface area contributed by atoms with Crippen LogP contribution in [0.5, 0.6) is 0 Å². The lowest BCUT2D eigenvalue weighted by Gasteiger charge is -2.12. The van der Waals surface area contributed by atoms with Gasteiger partial charge in [0.15, 0.2) is 0 Å². The quantitative estimate of drug-likeness (QED) is 0.198.